The van der Waals surface area contributed by atoms with Gasteiger partial charge in [-0.15, -0.1) is 10.2 Å². The van der Waals surface area contributed by atoms with Crippen LogP contribution in [0.4, 0.5) is 11.4 Å². The van der Waals surface area contributed by atoms with Crippen molar-refractivity contribution < 1.29 is 13.2 Å². The number of sulfone groups is 1. The predicted molar refractivity (Wildman–Crippen MR) is 98.6 cm³/mol. The van der Waals surface area contributed by atoms with Crippen LogP contribution in [-0.4, -0.2) is 61.1 Å². The van der Waals surface area contributed by atoms with Gasteiger partial charge in [0.2, 0.25) is 5.82 Å². The molecule has 2 aromatic rings. The first-order valence-electron chi connectivity index (χ1n) is 8.35. The molecule has 27 heavy (non-hydrogen) atoms. The second-order valence-electron chi connectivity index (χ2n) is 5.73. The summed E-state index contributed by atoms with van der Waals surface area (Å²) in [6, 6.07) is 6.93. The minimum atomic E-state index is -3.36. The Morgan fingerprint density at radius 1 is 1.44 bits per heavy atom. The Hall–Kier alpha value is -2.97. The highest BCUT2D eigenvalue weighted by molar-refractivity contribution is 7.91. The van der Waals surface area contributed by atoms with E-state index in [1.165, 1.54) is 6.20 Å². The number of benzene rings is 1. The Balaban J connectivity index is 1.99. The molecule has 3 rings (SSSR count). The molecule has 0 saturated carbocycles. The summed E-state index contributed by atoms with van der Waals surface area (Å²) in [6.07, 6.45) is 1.44. The summed E-state index contributed by atoms with van der Waals surface area (Å²) in [4.78, 5) is 2.32. The van der Waals surface area contributed by atoms with Crippen molar-refractivity contribution in [3.8, 4) is 6.07 Å². The van der Waals surface area contributed by atoms with Gasteiger partial charge in [0.1, 0.15) is 11.6 Å². The van der Waals surface area contributed by atoms with E-state index >= 15 is 0 Å². The van der Waals surface area contributed by atoms with Gasteiger partial charge in [-0.25, -0.2) is 8.42 Å². The number of aromatic nitrogens is 4. The van der Waals surface area contributed by atoms with E-state index in [1.807, 2.05) is 6.07 Å². The summed E-state index contributed by atoms with van der Waals surface area (Å²) >= 11 is 0. The first-order valence-corrected chi connectivity index (χ1v) is 10.0. The van der Waals surface area contributed by atoms with Crippen molar-refractivity contribution in [2.45, 2.75) is 11.8 Å². The fourth-order valence-corrected chi connectivity index (χ4v) is 3.55. The summed E-state index contributed by atoms with van der Waals surface area (Å²) in [6.45, 7) is 4.16. The lowest BCUT2D eigenvalue weighted by atomic mass is 10.2. The summed E-state index contributed by atoms with van der Waals surface area (Å²) < 4.78 is 29.9. The molecule has 142 valence electrons. The second-order valence-corrected chi connectivity index (χ2v) is 8.01. The van der Waals surface area contributed by atoms with Crippen molar-refractivity contribution in [2.75, 3.05) is 42.3 Å². The Morgan fingerprint density at radius 3 is 2.85 bits per heavy atom. The average molecular weight is 389 g/mol. The van der Waals surface area contributed by atoms with Crippen LogP contribution in [0.2, 0.25) is 0 Å². The summed E-state index contributed by atoms with van der Waals surface area (Å²) in [5.41, 5.74) is 1.57. The number of nitrogens with zero attached hydrogens (tertiary/aromatic N) is 5. The summed E-state index contributed by atoms with van der Waals surface area (Å²) in [5.74, 6) is 0.154. The van der Waals surface area contributed by atoms with E-state index in [0.29, 0.717) is 32.0 Å². The van der Waals surface area contributed by atoms with E-state index < -0.39 is 9.84 Å². The molecule has 1 aromatic heterocycles. The Labute approximate surface area is 156 Å². The highest BCUT2D eigenvalue weighted by Crippen LogP contribution is 2.30. The van der Waals surface area contributed by atoms with Crippen LogP contribution in [0.3, 0.4) is 0 Å². The monoisotopic (exact) mass is 389 g/mol. The molecule has 0 unspecified atom stereocenters. The molecular weight excluding hydrogens is 370 g/mol. The number of nitriles is 1. The zero-order chi connectivity index (χ0) is 19.3. The number of aromatic amines is 1. The van der Waals surface area contributed by atoms with E-state index in [1.54, 1.807) is 25.1 Å². The van der Waals surface area contributed by atoms with Gasteiger partial charge < -0.3 is 15.0 Å². The molecule has 1 fully saturated rings. The standard InChI is InChI=1S/C16H19N7O3S/c1-2-27(24,25)13-3-4-15(23-5-7-26-8-6-23)14(9-13)18-11-12(10-17)16-19-21-22-20-16/h3-4,9,11,18H,2,5-8H2,1H3,(H,19,20,21,22). The molecule has 0 bridgehead atoms. The van der Waals surface area contributed by atoms with Crippen LogP contribution in [0.15, 0.2) is 29.3 Å². The molecule has 2 heterocycles. The molecule has 1 aliphatic rings. The quantitative estimate of drug-likeness (QED) is 0.687. The van der Waals surface area contributed by atoms with Crippen LogP contribution in [0.5, 0.6) is 0 Å². The topological polar surface area (TPSA) is 137 Å². The minimum absolute atomic E-state index is 0.00544. The molecule has 10 nitrogen and oxygen atoms in total. The van der Waals surface area contributed by atoms with Gasteiger partial charge in [0.15, 0.2) is 9.84 Å². The van der Waals surface area contributed by atoms with Gasteiger partial charge in [-0.1, -0.05) is 6.92 Å². The van der Waals surface area contributed by atoms with Gasteiger partial charge in [-0.2, -0.15) is 10.5 Å². The van der Waals surface area contributed by atoms with Gasteiger partial charge in [0.25, 0.3) is 0 Å². The molecule has 2 N–H and O–H groups in total. The molecule has 0 aliphatic carbocycles. The number of H-pyrrole nitrogens is 1. The zero-order valence-electron chi connectivity index (χ0n) is 14.7. The highest BCUT2D eigenvalue weighted by atomic mass is 32.2. The average Bonchev–Trinajstić information content (AvgIpc) is 3.23. The highest BCUT2D eigenvalue weighted by Gasteiger charge is 2.19. The van der Waals surface area contributed by atoms with Crippen LogP contribution in [0.1, 0.15) is 12.7 Å². The van der Waals surface area contributed by atoms with Crippen molar-refractivity contribution in [2.24, 2.45) is 0 Å². The number of ether oxygens (including phenoxy) is 1. The summed E-state index contributed by atoms with van der Waals surface area (Å²) in [5, 5.41) is 25.6. The number of hydrogen-bond donors (Lipinski definition) is 2. The zero-order valence-corrected chi connectivity index (χ0v) is 15.5. The molecule has 11 heteroatoms. The fraction of sp³-hybridized carbons (Fsp3) is 0.375. The van der Waals surface area contributed by atoms with Crippen LogP contribution in [-0.2, 0) is 14.6 Å². The maximum Gasteiger partial charge on any atom is 0.216 e. The molecular formula is C16H19N7O3S. The lowest BCUT2D eigenvalue weighted by molar-refractivity contribution is 0.123. The van der Waals surface area contributed by atoms with Crippen LogP contribution >= 0.6 is 0 Å². The van der Waals surface area contributed by atoms with Crippen molar-refractivity contribution in [3.05, 3.63) is 30.2 Å². The largest absolute Gasteiger partial charge is 0.378 e. The van der Waals surface area contributed by atoms with E-state index in [-0.39, 0.29) is 22.0 Å². The van der Waals surface area contributed by atoms with Crippen molar-refractivity contribution in [3.63, 3.8) is 0 Å². The molecule has 1 saturated heterocycles. The van der Waals surface area contributed by atoms with E-state index in [9.17, 15) is 13.7 Å². The third-order valence-corrected chi connectivity index (χ3v) is 5.87. The lowest BCUT2D eigenvalue weighted by Crippen LogP contribution is -2.36. The fourth-order valence-electron chi connectivity index (χ4n) is 2.64. The molecule has 0 amide bonds. The van der Waals surface area contributed by atoms with Crippen molar-refractivity contribution in [1.82, 2.24) is 20.6 Å². The molecule has 0 atom stereocenters. The number of anilines is 2. The predicted octanol–water partition coefficient (Wildman–Crippen LogP) is 0.806. The SMILES string of the molecule is CCS(=O)(=O)c1ccc(N2CCOCC2)c(NC=C(C#N)c2nn[nH]n2)c1. The first kappa shape index (κ1) is 18.8. The third-order valence-electron chi connectivity index (χ3n) is 4.14. The Morgan fingerprint density at radius 2 is 2.22 bits per heavy atom. The van der Waals surface area contributed by atoms with Crippen molar-refractivity contribution >= 4 is 26.8 Å². The minimum Gasteiger partial charge on any atom is -0.378 e. The molecule has 0 radical (unpaired) electrons. The number of allylic oxidation sites excluding steroid dienone is 1. The molecule has 1 aliphatic heterocycles. The number of morpholine rings is 1. The van der Waals surface area contributed by atoms with Crippen LogP contribution < -0.4 is 10.2 Å². The van der Waals surface area contributed by atoms with Gasteiger partial charge in [0.05, 0.1) is 35.2 Å². The molecule has 1 aromatic carbocycles. The van der Waals surface area contributed by atoms with E-state index in [0.717, 1.165) is 5.69 Å². The Kier molecular flexibility index (Phi) is 5.68. The van der Waals surface area contributed by atoms with Crippen LogP contribution in [0, 0.1) is 11.3 Å². The maximum absolute atomic E-state index is 12.3. The van der Waals surface area contributed by atoms with E-state index in [4.69, 9.17) is 4.74 Å². The smallest absolute Gasteiger partial charge is 0.216 e. The summed E-state index contributed by atoms with van der Waals surface area (Å²) in [7, 11) is -3.36. The second kappa shape index (κ2) is 8.15. The van der Waals surface area contributed by atoms with Gasteiger partial charge >= 0.3 is 0 Å². The van der Waals surface area contributed by atoms with Crippen LogP contribution in [0.25, 0.3) is 5.57 Å². The van der Waals surface area contributed by atoms with Gasteiger partial charge in [0, 0.05) is 19.3 Å². The molecule has 0 spiro atoms. The Bertz CT molecular complexity index is 958. The maximum atomic E-state index is 12.3. The number of hydrogen-bond acceptors (Lipinski definition) is 9. The van der Waals surface area contributed by atoms with E-state index in [2.05, 4.69) is 30.8 Å². The normalized spacial score (nSPS) is 15.4. The number of nitrogens with one attached hydrogen (secondary N) is 2. The third kappa shape index (κ3) is 4.24. The number of tetrazole rings is 1. The number of rotatable bonds is 6. The first-order chi connectivity index (χ1) is 13.0. The van der Waals surface area contributed by atoms with Gasteiger partial charge in [-0.05, 0) is 23.4 Å². The van der Waals surface area contributed by atoms with Crippen molar-refractivity contribution in [1.29, 1.82) is 5.26 Å². The lowest BCUT2D eigenvalue weighted by Gasteiger charge is -2.30. The van der Waals surface area contributed by atoms with Gasteiger partial charge in [-0.3, -0.25) is 0 Å².